The standard InChI is InChI=1S/C25H27N5O2S/c1-25(2,3)32-24(31)30-12-8-17(9-13-30)23-29-21(15-33-23)22-27-19-5-4-18(14-20(19)28-22)16-6-10-26-11-7-16/h4-7,10-11,14-15,17H,8-9,12-13H2,1-3H3,(H,27,28). The number of carbonyl (C=O) groups excluding carboxylic acids is 1. The van der Waals surface area contributed by atoms with E-state index in [4.69, 9.17) is 14.7 Å². The summed E-state index contributed by atoms with van der Waals surface area (Å²) in [6.45, 7) is 7.07. The Labute approximate surface area is 196 Å². The first-order chi connectivity index (χ1) is 15.9. The number of H-pyrrole nitrogens is 1. The third-order valence-electron chi connectivity index (χ3n) is 5.76. The second-order valence-electron chi connectivity index (χ2n) is 9.37. The Kier molecular flexibility index (Phi) is 5.62. The van der Waals surface area contributed by atoms with Crippen LogP contribution in [0.4, 0.5) is 4.79 Å². The van der Waals surface area contributed by atoms with Crippen LogP contribution in [0.2, 0.25) is 0 Å². The highest BCUT2D eigenvalue weighted by Gasteiger charge is 2.29. The van der Waals surface area contributed by atoms with Crippen molar-refractivity contribution < 1.29 is 9.53 Å². The summed E-state index contributed by atoms with van der Waals surface area (Å²) in [6, 6.07) is 10.2. The Hall–Kier alpha value is -3.26. The molecule has 1 amide bonds. The highest BCUT2D eigenvalue weighted by molar-refractivity contribution is 7.10. The van der Waals surface area contributed by atoms with Crippen LogP contribution in [0.5, 0.6) is 0 Å². The number of hydrogen-bond donors (Lipinski definition) is 1. The average Bonchev–Trinajstić information content (AvgIpc) is 3.45. The lowest BCUT2D eigenvalue weighted by atomic mass is 9.98. The van der Waals surface area contributed by atoms with Gasteiger partial charge in [-0.1, -0.05) is 6.07 Å². The Bertz CT molecular complexity index is 1270. The Morgan fingerprint density at radius 1 is 1.09 bits per heavy atom. The predicted octanol–water partition coefficient (Wildman–Crippen LogP) is 5.86. The first-order valence-electron chi connectivity index (χ1n) is 11.2. The number of amides is 1. The molecule has 1 N–H and O–H groups in total. The molecule has 0 radical (unpaired) electrons. The molecular formula is C25H27N5O2S. The third-order valence-corrected chi connectivity index (χ3v) is 6.76. The summed E-state index contributed by atoms with van der Waals surface area (Å²) < 4.78 is 5.50. The number of pyridine rings is 1. The van der Waals surface area contributed by atoms with Gasteiger partial charge in [-0.3, -0.25) is 4.98 Å². The molecular weight excluding hydrogens is 434 g/mol. The molecule has 1 aliphatic rings. The Morgan fingerprint density at radius 3 is 2.58 bits per heavy atom. The maximum atomic E-state index is 12.3. The van der Waals surface area contributed by atoms with Gasteiger partial charge in [-0.25, -0.2) is 14.8 Å². The highest BCUT2D eigenvalue weighted by atomic mass is 32.1. The van der Waals surface area contributed by atoms with Crippen molar-refractivity contribution in [2.75, 3.05) is 13.1 Å². The fourth-order valence-corrected chi connectivity index (χ4v) is 5.05. The molecule has 1 saturated heterocycles. The minimum absolute atomic E-state index is 0.228. The number of piperidine rings is 1. The summed E-state index contributed by atoms with van der Waals surface area (Å²) in [5.74, 6) is 1.13. The molecule has 0 bridgehead atoms. The van der Waals surface area contributed by atoms with E-state index < -0.39 is 5.60 Å². The number of aromatic amines is 1. The molecule has 5 rings (SSSR count). The van der Waals surface area contributed by atoms with Crippen LogP contribution in [0.15, 0.2) is 48.1 Å². The minimum Gasteiger partial charge on any atom is -0.444 e. The summed E-state index contributed by atoms with van der Waals surface area (Å²) in [4.78, 5) is 31.3. The number of benzene rings is 1. The Morgan fingerprint density at radius 2 is 1.85 bits per heavy atom. The molecule has 33 heavy (non-hydrogen) atoms. The molecule has 1 aliphatic heterocycles. The molecule has 0 unspecified atom stereocenters. The van der Waals surface area contributed by atoms with Gasteiger partial charge >= 0.3 is 6.09 Å². The molecule has 4 aromatic rings. The number of nitrogens with one attached hydrogen (secondary N) is 1. The molecule has 8 heteroatoms. The van der Waals surface area contributed by atoms with Crippen LogP contribution in [0.3, 0.4) is 0 Å². The topological polar surface area (TPSA) is 84.0 Å². The van der Waals surface area contributed by atoms with Crippen molar-refractivity contribution in [3.63, 3.8) is 0 Å². The molecule has 170 valence electrons. The summed E-state index contributed by atoms with van der Waals surface area (Å²) in [7, 11) is 0. The minimum atomic E-state index is -0.468. The predicted molar refractivity (Wildman–Crippen MR) is 130 cm³/mol. The van der Waals surface area contributed by atoms with E-state index in [9.17, 15) is 4.79 Å². The number of fused-ring (bicyclic) bond motifs is 1. The van der Waals surface area contributed by atoms with Crippen LogP contribution < -0.4 is 0 Å². The van der Waals surface area contributed by atoms with Crippen molar-refractivity contribution in [2.45, 2.75) is 45.1 Å². The maximum absolute atomic E-state index is 12.3. The molecule has 7 nitrogen and oxygen atoms in total. The number of ether oxygens (including phenoxy) is 1. The second-order valence-corrected chi connectivity index (χ2v) is 10.3. The van der Waals surface area contributed by atoms with Crippen LogP contribution in [0.25, 0.3) is 33.7 Å². The van der Waals surface area contributed by atoms with Gasteiger partial charge in [0.2, 0.25) is 0 Å². The number of rotatable bonds is 3. The van der Waals surface area contributed by atoms with Crippen molar-refractivity contribution >= 4 is 28.5 Å². The van der Waals surface area contributed by atoms with Gasteiger partial charge in [0.15, 0.2) is 5.82 Å². The van der Waals surface area contributed by atoms with Gasteiger partial charge in [0.25, 0.3) is 0 Å². The highest BCUT2D eigenvalue weighted by Crippen LogP contribution is 2.33. The van der Waals surface area contributed by atoms with Crippen molar-refractivity contribution in [3.8, 4) is 22.6 Å². The van der Waals surface area contributed by atoms with Gasteiger partial charge in [-0.15, -0.1) is 11.3 Å². The van der Waals surface area contributed by atoms with Crippen LogP contribution in [-0.4, -0.2) is 49.6 Å². The van der Waals surface area contributed by atoms with Crippen LogP contribution in [0.1, 0.15) is 44.5 Å². The van der Waals surface area contributed by atoms with Gasteiger partial charge in [0.05, 0.1) is 16.0 Å². The van der Waals surface area contributed by atoms with E-state index >= 15 is 0 Å². The molecule has 0 saturated carbocycles. The summed E-state index contributed by atoms with van der Waals surface area (Å²) >= 11 is 1.67. The monoisotopic (exact) mass is 461 g/mol. The van der Waals surface area contributed by atoms with Crippen molar-refractivity contribution in [3.05, 3.63) is 53.1 Å². The quantitative estimate of drug-likeness (QED) is 0.413. The van der Waals surface area contributed by atoms with Crippen LogP contribution >= 0.6 is 11.3 Å². The van der Waals surface area contributed by atoms with E-state index in [0.29, 0.717) is 19.0 Å². The van der Waals surface area contributed by atoms with Crippen LogP contribution in [-0.2, 0) is 4.74 Å². The normalized spacial score (nSPS) is 15.2. The van der Waals surface area contributed by atoms with Gasteiger partial charge in [-0.2, -0.15) is 0 Å². The molecule has 0 aliphatic carbocycles. The zero-order valence-electron chi connectivity index (χ0n) is 19.0. The van der Waals surface area contributed by atoms with Crippen molar-refractivity contribution in [1.29, 1.82) is 0 Å². The molecule has 4 heterocycles. The summed E-state index contributed by atoms with van der Waals surface area (Å²) in [6.07, 6.45) is 5.15. The van der Waals surface area contributed by atoms with Gasteiger partial charge in [0.1, 0.15) is 11.3 Å². The molecule has 1 fully saturated rings. The van der Waals surface area contributed by atoms with Crippen molar-refractivity contribution in [2.24, 2.45) is 0 Å². The van der Waals surface area contributed by atoms with Crippen LogP contribution in [0, 0.1) is 0 Å². The fourth-order valence-electron chi connectivity index (χ4n) is 4.07. The number of imidazole rings is 1. The third kappa shape index (κ3) is 4.75. The lowest BCUT2D eigenvalue weighted by Gasteiger charge is -2.32. The molecule has 0 spiro atoms. The second kappa shape index (κ2) is 8.59. The number of aromatic nitrogens is 4. The van der Waals surface area contributed by atoms with Gasteiger partial charge in [0, 0.05) is 36.8 Å². The summed E-state index contributed by atoms with van der Waals surface area (Å²) in [5, 5.41) is 3.17. The average molecular weight is 462 g/mol. The first kappa shape index (κ1) is 21.6. The first-order valence-corrected chi connectivity index (χ1v) is 12.1. The lowest BCUT2D eigenvalue weighted by Crippen LogP contribution is -2.41. The summed E-state index contributed by atoms with van der Waals surface area (Å²) in [5.41, 5.74) is 4.55. The van der Waals surface area contributed by atoms with Crippen molar-refractivity contribution in [1.82, 2.24) is 24.8 Å². The lowest BCUT2D eigenvalue weighted by molar-refractivity contribution is 0.0205. The van der Waals surface area contributed by atoms with Gasteiger partial charge < -0.3 is 14.6 Å². The molecule has 0 atom stereocenters. The number of nitrogens with zero attached hydrogens (tertiary/aromatic N) is 4. The van der Waals surface area contributed by atoms with E-state index in [0.717, 1.165) is 51.5 Å². The number of thiazole rings is 1. The van der Waals surface area contributed by atoms with E-state index in [1.165, 1.54) is 0 Å². The molecule has 1 aromatic carbocycles. The van der Waals surface area contributed by atoms with E-state index in [2.05, 4.69) is 27.5 Å². The SMILES string of the molecule is CC(C)(C)OC(=O)N1CCC(c2nc(-c3nc4ccc(-c5ccncc5)cc4[nH]3)cs2)CC1. The number of likely N-dealkylation sites (tertiary alicyclic amines) is 1. The van der Waals surface area contributed by atoms with E-state index in [1.54, 1.807) is 28.6 Å². The largest absolute Gasteiger partial charge is 0.444 e. The number of carbonyl (C=O) groups is 1. The maximum Gasteiger partial charge on any atom is 0.410 e. The fraction of sp³-hybridized carbons (Fsp3) is 0.360. The molecule has 3 aromatic heterocycles. The smallest absolute Gasteiger partial charge is 0.410 e. The Balaban J connectivity index is 1.28. The van der Waals surface area contributed by atoms with Gasteiger partial charge in [-0.05, 0) is 69.0 Å². The number of hydrogen-bond acceptors (Lipinski definition) is 6. The van der Waals surface area contributed by atoms with E-state index in [-0.39, 0.29) is 6.09 Å². The zero-order valence-corrected chi connectivity index (χ0v) is 19.9. The van der Waals surface area contributed by atoms with E-state index in [1.807, 2.05) is 39.0 Å². The zero-order chi connectivity index (χ0) is 23.0.